The van der Waals surface area contributed by atoms with Crippen molar-refractivity contribution in [1.82, 2.24) is 10.6 Å². The van der Waals surface area contributed by atoms with E-state index in [-0.39, 0.29) is 0 Å². The maximum absolute atomic E-state index is 12.6. The molecule has 6 aliphatic rings. The van der Waals surface area contributed by atoms with Crippen LogP contribution in [0.3, 0.4) is 0 Å². The fraction of sp³-hybridized carbons (Fsp3) is 0.950. The van der Waals surface area contributed by atoms with E-state index in [1.807, 2.05) is 0 Å². The molecule has 0 spiro atoms. The minimum atomic E-state index is -2.27. The Balaban J connectivity index is 1.26. The number of hydrogen-bond donors (Lipinski definition) is 20. The molecule has 33 heteroatoms. The second-order valence-corrected chi connectivity index (χ2v) is 18.3. The van der Waals surface area contributed by atoms with E-state index < -0.39 is 236 Å². The van der Waals surface area contributed by atoms with Crippen LogP contribution in [0.15, 0.2) is 0 Å². The molecular formula is C40H68N2O31. The van der Waals surface area contributed by atoms with Gasteiger partial charge in [0.2, 0.25) is 11.8 Å². The molecule has 0 aromatic rings. The molecule has 30 atom stereocenters. The second kappa shape index (κ2) is 26.0. The van der Waals surface area contributed by atoms with Gasteiger partial charge in [0.1, 0.15) is 146 Å². The molecular weight excluding hydrogens is 1000 g/mol. The zero-order valence-corrected chi connectivity index (χ0v) is 38.9. The minimum absolute atomic E-state index is 0.716. The number of carbonyl (C=O) groups excluding carboxylic acids is 2. The molecule has 73 heavy (non-hydrogen) atoms. The number of hydrogen-bond acceptors (Lipinski definition) is 31. The third-order valence-corrected chi connectivity index (χ3v) is 13.2. The first kappa shape index (κ1) is 60.0. The van der Waals surface area contributed by atoms with Crippen molar-refractivity contribution in [1.29, 1.82) is 0 Å². The van der Waals surface area contributed by atoms with Crippen LogP contribution in [0.5, 0.6) is 0 Å². The predicted molar refractivity (Wildman–Crippen MR) is 222 cm³/mol. The van der Waals surface area contributed by atoms with Gasteiger partial charge in [-0.2, -0.15) is 0 Å². The third kappa shape index (κ3) is 13.0. The second-order valence-electron chi connectivity index (χ2n) is 18.3. The molecule has 0 saturated carbocycles. The molecule has 0 radical (unpaired) electrons. The smallest absolute Gasteiger partial charge is 0.217 e. The highest BCUT2D eigenvalue weighted by Gasteiger charge is 2.57. The van der Waals surface area contributed by atoms with Crippen LogP contribution in [-0.4, -0.2) is 327 Å². The van der Waals surface area contributed by atoms with Gasteiger partial charge in [-0.15, -0.1) is 0 Å². The lowest BCUT2D eigenvalue weighted by Crippen LogP contribution is -2.70. The molecule has 6 saturated heterocycles. The van der Waals surface area contributed by atoms with Crippen LogP contribution in [0.4, 0.5) is 0 Å². The lowest BCUT2D eigenvalue weighted by atomic mass is 9.94. The molecule has 0 aliphatic carbocycles. The lowest BCUT2D eigenvalue weighted by molar-refractivity contribution is -0.386. The van der Waals surface area contributed by atoms with Crippen molar-refractivity contribution < 1.29 is 154 Å². The molecule has 6 rings (SSSR count). The Kier molecular flexibility index (Phi) is 21.3. The Labute approximate surface area is 413 Å². The highest BCUT2D eigenvalue weighted by atomic mass is 16.8. The summed E-state index contributed by atoms with van der Waals surface area (Å²) in [6.45, 7) is -3.62. The van der Waals surface area contributed by atoms with Gasteiger partial charge in [-0.3, -0.25) is 9.59 Å². The van der Waals surface area contributed by atoms with Crippen molar-refractivity contribution in [2.45, 2.75) is 198 Å². The molecule has 2 amide bonds. The SMILES string of the molecule is CC(=O)N[C@@H]1[C@@H](O)[C@H](O[C@@H]2O[C@H](CO)[C@@H](O[C@@H]3O[C@H](CO[C@@H]4O[C@H](CO)[C@@H](O)[C@H](O[C@@H]5O[C@H](CO)[C@@H](O)[C@H](O)[C@@H]5O)[C@@H]4O)[C@@H](O)[C@H](O[C@@H]4O[C@H](CO)[C@@H](O)[C@H](O)[C@@H]4O)[C@@H]3O)[C@H](O)[C@H]2NC(C)=O)[C@@H](CO)O[C@H]1O. The van der Waals surface area contributed by atoms with E-state index in [1.54, 1.807) is 0 Å². The number of rotatable bonds is 18. The summed E-state index contributed by atoms with van der Waals surface area (Å²) in [4.78, 5) is 24.4. The monoisotopic (exact) mass is 1070 g/mol. The molecule has 6 fully saturated rings. The Bertz CT molecular complexity index is 1750. The summed E-state index contributed by atoms with van der Waals surface area (Å²) in [5, 5.41) is 197. The standard InChI is InChI=1S/C40H68N2O31/c1-9(48)41-17-23(54)31(14(6-46)64-35(17)62)70-36-18(42-10(2)49)24(55)32(15(7-47)68-36)71-40-30(61)34(73-39-28(59)26(57)20(51)12(4-44)67-39)22(53)16(69-40)8-63-37-29(60)33(21(52)13(5-45)65-37)72-38-27(58)25(56)19(50)11(3-43)66-38/h11-40,43-47,50-62H,3-8H2,1-2H3,(H,41,48)(H,42,49)/t11-,12-,13-,14-,15-,16-,17-,18-,19-,20-,21-,22-,23-,24-,25+,26+,27+,28+,29+,30+,31-,32-,33+,34+,35-,36+,37-,38+,39+,40+/m1/s1. The molecule has 0 aromatic heterocycles. The number of amides is 2. The van der Waals surface area contributed by atoms with E-state index in [9.17, 15) is 102 Å². The number of ether oxygens (including phenoxy) is 11. The molecule has 6 heterocycles. The fourth-order valence-electron chi connectivity index (χ4n) is 9.21. The summed E-state index contributed by atoms with van der Waals surface area (Å²) in [6, 6.07) is -3.28. The van der Waals surface area contributed by atoms with Crippen molar-refractivity contribution in [2.24, 2.45) is 0 Å². The van der Waals surface area contributed by atoms with E-state index in [2.05, 4.69) is 10.6 Å². The maximum atomic E-state index is 12.6. The van der Waals surface area contributed by atoms with Crippen LogP contribution in [-0.2, 0) is 61.7 Å². The van der Waals surface area contributed by atoms with Crippen LogP contribution in [0.1, 0.15) is 13.8 Å². The quantitative estimate of drug-likeness (QED) is 0.0606. The van der Waals surface area contributed by atoms with Crippen molar-refractivity contribution in [3.05, 3.63) is 0 Å². The Morgan fingerprint density at radius 3 is 1.18 bits per heavy atom. The lowest BCUT2D eigenvalue weighted by Gasteiger charge is -2.50. The molecule has 0 unspecified atom stereocenters. The van der Waals surface area contributed by atoms with Crippen molar-refractivity contribution in [3.63, 3.8) is 0 Å². The third-order valence-electron chi connectivity index (χ3n) is 13.2. The van der Waals surface area contributed by atoms with Crippen LogP contribution in [0, 0.1) is 0 Å². The molecule has 0 bridgehead atoms. The van der Waals surface area contributed by atoms with E-state index in [0.717, 1.165) is 13.8 Å². The summed E-state index contributed by atoms with van der Waals surface area (Å²) in [5.74, 6) is -1.55. The van der Waals surface area contributed by atoms with Crippen molar-refractivity contribution >= 4 is 11.8 Å². The van der Waals surface area contributed by atoms with Gasteiger partial charge in [-0.25, -0.2) is 0 Å². The van der Waals surface area contributed by atoms with Gasteiger partial charge in [0, 0.05) is 13.8 Å². The topological polar surface area (TPSA) is 524 Å². The average molecular weight is 1070 g/mol. The summed E-state index contributed by atoms with van der Waals surface area (Å²) < 4.78 is 62.5. The first-order valence-corrected chi connectivity index (χ1v) is 23.1. The van der Waals surface area contributed by atoms with Gasteiger partial charge in [-0.1, -0.05) is 0 Å². The number of aliphatic hydroxyl groups is 18. The zero-order chi connectivity index (χ0) is 53.9. The summed E-state index contributed by atoms with van der Waals surface area (Å²) >= 11 is 0. The van der Waals surface area contributed by atoms with Crippen molar-refractivity contribution in [2.75, 3.05) is 39.6 Å². The first-order valence-electron chi connectivity index (χ1n) is 23.1. The summed E-state index contributed by atoms with van der Waals surface area (Å²) in [7, 11) is 0. The first-order chi connectivity index (χ1) is 34.5. The molecule has 20 N–H and O–H groups in total. The van der Waals surface area contributed by atoms with E-state index >= 15 is 0 Å². The van der Waals surface area contributed by atoms with Crippen LogP contribution in [0.2, 0.25) is 0 Å². The number of nitrogens with one attached hydrogen (secondary N) is 2. The average Bonchev–Trinajstić information content (AvgIpc) is 3.35. The molecule has 424 valence electrons. The maximum Gasteiger partial charge on any atom is 0.217 e. The van der Waals surface area contributed by atoms with Gasteiger partial charge in [0.15, 0.2) is 37.7 Å². The van der Waals surface area contributed by atoms with Crippen LogP contribution in [0.25, 0.3) is 0 Å². The van der Waals surface area contributed by atoms with Gasteiger partial charge >= 0.3 is 0 Å². The summed E-state index contributed by atoms with van der Waals surface area (Å²) in [6.07, 6.45) is -53.5. The predicted octanol–water partition coefficient (Wildman–Crippen LogP) is -13.8. The fourth-order valence-corrected chi connectivity index (χ4v) is 9.21. The van der Waals surface area contributed by atoms with Crippen LogP contribution >= 0.6 is 0 Å². The normalized spacial score (nSPS) is 49.8. The zero-order valence-electron chi connectivity index (χ0n) is 38.9. The van der Waals surface area contributed by atoms with Gasteiger partial charge in [0.25, 0.3) is 0 Å². The Hall–Kier alpha value is -2.22. The van der Waals surface area contributed by atoms with Gasteiger partial charge in [-0.05, 0) is 0 Å². The van der Waals surface area contributed by atoms with Crippen LogP contribution < -0.4 is 10.6 Å². The van der Waals surface area contributed by atoms with E-state index in [0.29, 0.717) is 0 Å². The molecule has 6 aliphatic heterocycles. The number of carbonyl (C=O) groups is 2. The molecule has 33 nitrogen and oxygen atoms in total. The summed E-state index contributed by atoms with van der Waals surface area (Å²) in [5.41, 5.74) is 0. The highest BCUT2D eigenvalue weighted by Crippen LogP contribution is 2.36. The minimum Gasteiger partial charge on any atom is -0.394 e. The highest BCUT2D eigenvalue weighted by molar-refractivity contribution is 5.73. The van der Waals surface area contributed by atoms with Gasteiger partial charge in [0.05, 0.1) is 39.6 Å². The Morgan fingerprint density at radius 1 is 0.356 bits per heavy atom. The van der Waals surface area contributed by atoms with Gasteiger partial charge < -0.3 is 155 Å². The Morgan fingerprint density at radius 2 is 0.699 bits per heavy atom. The number of aliphatic hydroxyl groups excluding tert-OH is 18. The van der Waals surface area contributed by atoms with E-state index in [1.165, 1.54) is 0 Å². The van der Waals surface area contributed by atoms with E-state index in [4.69, 9.17) is 52.1 Å². The molecule has 0 aromatic carbocycles. The largest absolute Gasteiger partial charge is 0.394 e. The van der Waals surface area contributed by atoms with Crippen molar-refractivity contribution in [3.8, 4) is 0 Å².